The van der Waals surface area contributed by atoms with Crippen LogP contribution in [0.25, 0.3) is 0 Å². The molecule has 0 bridgehead atoms. The van der Waals surface area contributed by atoms with Gasteiger partial charge in [0.05, 0.1) is 11.0 Å². The Morgan fingerprint density at radius 3 is 2.79 bits per heavy atom. The summed E-state index contributed by atoms with van der Waals surface area (Å²) < 4.78 is 32.7. The summed E-state index contributed by atoms with van der Waals surface area (Å²) in [4.78, 5) is 12.8. The van der Waals surface area contributed by atoms with Gasteiger partial charge in [-0.3, -0.25) is 9.89 Å². The molecule has 1 aliphatic heterocycles. The number of sulfonamides is 1. The van der Waals surface area contributed by atoms with E-state index in [2.05, 4.69) is 10.2 Å². The predicted octanol–water partition coefficient (Wildman–Crippen LogP) is 1.89. The van der Waals surface area contributed by atoms with Crippen LogP contribution in [0.4, 0.5) is 5.82 Å². The van der Waals surface area contributed by atoms with Gasteiger partial charge in [0.1, 0.15) is 5.82 Å². The van der Waals surface area contributed by atoms with Crippen molar-refractivity contribution >= 4 is 21.7 Å². The van der Waals surface area contributed by atoms with Crippen LogP contribution in [0.3, 0.4) is 0 Å². The van der Waals surface area contributed by atoms with Crippen molar-refractivity contribution in [1.82, 2.24) is 14.5 Å². The molecule has 10 heteroatoms. The average Bonchev–Trinajstić information content (AvgIpc) is 3.29. The molecule has 1 aromatic carbocycles. The third kappa shape index (κ3) is 4.03. The number of rotatable bonds is 6. The first-order chi connectivity index (χ1) is 13.2. The number of carbonyl (C=O) groups is 1. The van der Waals surface area contributed by atoms with E-state index >= 15 is 0 Å². The van der Waals surface area contributed by atoms with Crippen molar-refractivity contribution in [1.29, 1.82) is 0 Å². The van der Waals surface area contributed by atoms with E-state index in [9.17, 15) is 13.2 Å². The molecular weight excluding hydrogens is 382 g/mol. The van der Waals surface area contributed by atoms with E-state index in [4.69, 9.17) is 10.6 Å². The lowest BCUT2D eigenvalue weighted by atomic mass is 10.2. The highest BCUT2D eigenvalue weighted by Crippen LogP contribution is 2.26. The molecule has 1 unspecified atom stereocenters. The summed E-state index contributed by atoms with van der Waals surface area (Å²) in [6.45, 7) is 6.08. The summed E-state index contributed by atoms with van der Waals surface area (Å²) in [5, 5.41) is 7.46. The van der Waals surface area contributed by atoms with Crippen LogP contribution in [0.1, 0.15) is 44.0 Å². The summed E-state index contributed by atoms with van der Waals surface area (Å²) in [6.07, 6.45) is 1.58. The van der Waals surface area contributed by atoms with Crippen molar-refractivity contribution < 1.29 is 17.9 Å². The Bertz CT molecular complexity index is 956. The molecule has 1 saturated heterocycles. The number of aromatic nitrogens is 2. The molecule has 1 aromatic heterocycles. The van der Waals surface area contributed by atoms with Crippen molar-refractivity contribution in [3.05, 3.63) is 35.9 Å². The standard InChI is InChI=1S/C18H25N5O4S/c1-12(2)27-17-11-16(20-21-17)23(19)18(24)14-7-4-8-15(10-14)28(25,26)22-9-5-6-13(22)3/h4,7-8,10-13H,5-6,9,19H2,1-3H3,(H,20,21). The lowest BCUT2D eigenvalue weighted by Crippen LogP contribution is -2.38. The van der Waals surface area contributed by atoms with Crippen molar-refractivity contribution in [2.45, 2.75) is 50.7 Å². The molecule has 0 radical (unpaired) electrons. The summed E-state index contributed by atoms with van der Waals surface area (Å²) in [5.74, 6) is 5.90. The first-order valence-electron chi connectivity index (χ1n) is 9.13. The van der Waals surface area contributed by atoms with Gasteiger partial charge in [-0.05, 0) is 51.8 Å². The summed E-state index contributed by atoms with van der Waals surface area (Å²) in [5.41, 5.74) is 0.163. The molecule has 1 atom stereocenters. The molecule has 2 heterocycles. The highest BCUT2D eigenvalue weighted by Gasteiger charge is 2.33. The van der Waals surface area contributed by atoms with Gasteiger partial charge in [0.15, 0.2) is 0 Å². The molecule has 28 heavy (non-hydrogen) atoms. The normalized spacial score (nSPS) is 17.8. The van der Waals surface area contributed by atoms with Crippen LogP contribution in [-0.4, -0.2) is 47.5 Å². The number of hydrogen-bond donors (Lipinski definition) is 2. The predicted molar refractivity (Wildman–Crippen MR) is 104 cm³/mol. The molecule has 1 amide bonds. The quantitative estimate of drug-likeness (QED) is 0.428. The first-order valence-corrected chi connectivity index (χ1v) is 10.6. The summed E-state index contributed by atoms with van der Waals surface area (Å²) in [6, 6.07) is 7.35. The van der Waals surface area contributed by atoms with E-state index in [1.54, 1.807) is 0 Å². The number of amides is 1. The fourth-order valence-electron chi connectivity index (χ4n) is 3.16. The van der Waals surface area contributed by atoms with Crippen LogP contribution in [0, 0.1) is 0 Å². The minimum absolute atomic E-state index is 0.0558. The van der Waals surface area contributed by atoms with Gasteiger partial charge in [0.25, 0.3) is 5.91 Å². The van der Waals surface area contributed by atoms with E-state index < -0.39 is 15.9 Å². The monoisotopic (exact) mass is 407 g/mol. The second-order valence-electron chi connectivity index (χ2n) is 7.07. The number of ether oxygens (including phenoxy) is 1. The molecular formula is C18H25N5O4S. The fourth-order valence-corrected chi connectivity index (χ4v) is 4.90. The number of carbonyl (C=O) groups excluding carboxylic acids is 1. The second-order valence-corrected chi connectivity index (χ2v) is 8.96. The van der Waals surface area contributed by atoms with E-state index in [1.165, 1.54) is 34.6 Å². The highest BCUT2D eigenvalue weighted by molar-refractivity contribution is 7.89. The Labute approximate surface area is 164 Å². The largest absolute Gasteiger partial charge is 0.474 e. The number of H-pyrrole nitrogens is 1. The smallest absolute Gasteiger partial charge is 0.273 e. The van der Waals surface area contributed by atoms with Gasteiger partial charge in [-0.25, -0.2) is 19.3 Å². The molecule has 2 aromatic rings. The van der Waals surface area contributed by atoms with Crippen molar-refractivity contribution in [3.8, 4) is 5.88 Å². The zero-order chi connectivity index (χ0) is 20.5. The Morgan fingerprint density at radius 2 is 2.14 bits per heavy atom. The second kappa shape index (κ2) is 7.90. The Morgan fingerprint density at radius 1 is 1.39 bits per heavy atom. The number of anilines is 1. The van der Waals surface area contributed by atoms with E-state index in [-0.39, 0.29) is 28.4 Å². The third-order valence-electron chi connectivity index (χ3n) is 4.56. The number of hydrogen-bond acceptors (Lipinski definition) is 6. The highest BCUT2D eigenvalue weighted by atomic mass is 32.2. The summed E-state index contributed by atoms with van der Waals surface area (Å²) >= 11 is 0. The molecule has 1 aliphatic rings. The number of nitrogens with zero attached hydrogens (tertiary/aromatic N) is 3. The van der Waals surface area contributed by atoms with Crippen LogP contribution in [0.15, 0.2) is 35.2 Å². The van der Waals surface area contributed by atoms with Crippen molar-refractivity contribution in [2.24, 2.45) is 5.84 Å². The third-order valence-corrected chi connectivity index (χ3v) is 6.56. The van der Waals surface area contributed by atoms with E-state index in [0.717, 1.165) is 17.9 Å². The maximum Gasteiger partial charge on any atom is 0.273 e. The van der Waals surface area contributed by atoms with Gasteiger partial charge >= 0.3 is 0 Å². The van der Waals surface area contributed by atoms with Gasteiger partial charge < -0.3 is 4.74 Å². The number of benzene rings is 1. The Balaban J connectivity index is 1.83. The maximum atomic E-state index is 12.9. The number of nitrogens with two attached hydrogens (primary N) is 1. The summed E-state index contributed by atoms with van der Waals surface area (Å²) in [7, 11) is -3.66. The molecule has 0 aliphatic carbocycles. The molecule has 1 fully saturated rings. The molecule has 9 nitrogen and oxygen atoms in total. The van der Waals surface area contributed by atoms with E-state index in [1.807, 2.05) is 20.8 Å². The van der Waals surface area contributed by atoms with Gasteiger partial charge in [0.2, 0.25) is 15.9 Å². The Hall–Kier alpha value is -2.43. The van der Waals surface area contributed by atoms with Crippen molar-refractivity contribution in [3.63, 3.8) is 0 Å². The van der Waals surface area contributed by atoms with Gasteiger partial charge in [0, 0.05) is 24.2 Å². The van der Waals surface area contributed by atoms with Gasteiger partial charge in [-0.1, -0.05) is 6.07 Å². The minimum atomic E-state index is -3.66. The average molecular weight is 407 g/mol. The molecule has 3 rings (SSSR count). The topological polar surface area (TPSA) is 122 Å². The number of nitrogens with one attached hydrogen (secondary N) is 1. The SMILES string of the molecule is CC(C)Oc1cc(N(N)C(=O)c2cccc(S(=O)(=O)N3CCCC3C)c2)[nH]n1. The lowest BCUT2D eigenvalue weighted by molar-refractivity contribution is 0.0986. The fraction of sp³-hybridized carbons (Fsp3) is 0.444. The lowest BCUT2D eigenvalue weighted by Gasteiger charge is -2.21. The first kappa shape index (κ1) is 20.3. The molecule has 152 valence electrons. The zero-order valence-electron chi connectivity index (χ0n) is 16.1. The van der Waals surface area contributed by atoms with Crippen LogP contribution < -0.4 is 15.6 Å². The van der Waals surface area contributed by atoms with Crippen LogP contribution >= 0.6 is 0 Å². The van der Waals surface area contributed by atoms with Crippen LogP contribution in [0.5, 0.6) is 5.88 Å². The maximum absolute atomic E-state index is 12.9. The zero-order valence-corrected chi connectivity index (χ0v) is 16.9. The minimum Gasteiger partial charge on any atom is -0.474 e. The van der Waals surface area contributed by atoms with Gasteiger partial charge in [-0.15, -0.1) is 5.10 Å². The number of aromatic amines is 1. The number of hydrazine groups is 1. The van der Waals surface area contributed by atoms with Crippen molar-refractivity contribution in [2.75, 3.05) is 11.6 Å². The van der Waals surface area contributed by atoms with E-state index in [0.29, 0.717) is 12.4 Å². The van der Waals surface area contributed by atoms with Crippen LogP contribution in [0.2, 0.25) is 0 Å². The molecule has 3 N–H and O–H groups in total. The Kier molecular flexibility index (Phi) is 5.73. The van der Waals surface area contributed by atoms with Crippen LogP contribution in [-0.2, 0) is 10.0 Å². The molecule has 0 spiro atoms. The van der Waals surface area contributed by atoms with Gasteiger partial charge in [-0.2, -0.15) is 4.31 Å². The molecule has 0 saturated carbocycles.